The number of aliphatic imine (C=N–C) groups is 1. The molecule has 0 aromatic rings. The Hall–Kier alpha value is -0.420. The average molecular weight is 207 g/mol. The molecule has 0 saturated carbocycles. The summed E-state index contributed by atoms with van der Waals surface area (Å²) >= 11 is 0. The molecule has 0 aromatic heterocycles. The standard InChI is InChI=1S/C8H17NO3S/c1-7(2)9-5-4-6-13(11,12)8(3)10/h8,10H,4-6H2,1-3H3. The number of hydrogen-bond donors (Lipinski definition) is 1. The van der Waals surface area contributed by atoms with Crippen molar-refractivity contribution < 1.29 is 13.5 Å². The van der Waals surface area contributed by atoms with Crippen molar-refractivity contribution in [3.05, 3.63) is 0 Å². The van der Waals surface area contributed by atoms with Crippen molar-refractivity contribution in [2.45, 2.75) is 32.6 Å². The largest absolute Gasteiger partial charge is 0.377 e. The molecule has 0 rings (SSSR count). The van der Waals surface area contributed by atoms with E-state index in [2.05, 4.69) is 4.99 Å². The van der Waals surface area contributed by atoms with Gasteiger partial charge >= 0.3 is 0 Å². The summed E-state index contributed by atoms with van der Waals surface area (Å²) in [6.07, 6.45) is 0.471. The van der Waals surface area contributed by atoms with Crippen LogP contribution in [0.15, 0.2) is 4.99 Å². The predicted molar refractivity (Wildman–Crippen MR) is 53.7 cm³/mol. The van der Waals surface area contributed by atoms with Gasteiger partial charge in [-0.15, -0.1) is 0 Å². The Morgan fingerprint density at radius 1 is 1.46 bits per heavy atom. The van der Waals surface area contributed by atoms with Gasteiger partial charge in [-0.25, -0.2) is 8.42 Å². The molecule has 0 fully saturated rings. The van der Waals surface area contributed by atoms with E-state index in [0.29, 0.717) is 13.0 Å². The Kier molecular flexibility index (Phi) is 5.17. The third-order valence-corrected chi connectivity index (χ3v) is 3.43. The topological polar surface area (TPSA) is 66.7 Å². The van der Waals surface area contributed by atoms with Crippen LogP contribution < -0.4 is 0 Å². The molecule has 1 atom stereocenters. The Labute approximate surface area is 79.6 Å². The van der Waals surface area contributed by atoms with Crippen molar-refractivity contribution >= 4 is 15.5 Å². The average Bonchev–Trinajstić information content (AvgIpc) is 1.97. The number of hydrogen-bond acceptors (Lipinski definition) is 4. The second kappa shape index (κ2) is 5.34. The van der Waals surface area contributed by atoms with Gasteiger partial charge < -0.3 is 5.11 Å². The van der Waals surface area contributed by atoms with Crippen molar-refractivity contribution in [2.24, 2.45) is 4.99 Å². The molecule has 1 N–H and O–H groups in total. The van der Waals surface area contributed by atoms with Gasteiger partial charge in [0.1, 0.15) is 0 Å². The van der Waals surface area contributed by atoms with E-state index in [4.69, 9.17) is 5.11 Å². The van der Waals surface area contributed by atoms with E-state index in [-0.39, 0.29) is 5.75 Å². The minimum atomic E-state index is -3.31. The van der Waals surface area contributed by atoms with Gasteiger partial charge in [-0.3, -0.25) is 4.99 Å². The molecule has 0 spiro atoms. The van der Waals surface area contributed by atoms with Gasteiger partial charge in [0, 0.05) is 12.3 Å². The Balaban J connectivity index is 3.85. The molecule has 0 aliphatic rings. The smallest absolute Gasteiger partial charge is 0.176 e. The second-order valence-corrected chi connectivity index (χ2v) is 5.56. The first-order valence-electron chi connectivity index (χ1n) is 4.23. The van der Waals surface area contributed by atoms with E-state index >= 15 is 0 Å². The summed E-state index contributed by atoms with van der Waals surface area (Å²) in [7, 11) is -3.31. The molecule has 0 heterocycles. The molecule has 0 aromatic carbocycles. The van der Waals surface area contributed by atoms with Crippen LogP contribution in [0.4, 0.5) is 0 Å². The van der Waals surface area contributed by atoms with E-state index in [1.54, 1.807) is 0 Å². The number of aliphatic hydroxyl groups excluding tert-OH is 1. The third kappa shape index (κ3) is 5.76. The van der Waals surface area contributed by atoms with Crippen LogP contribution in [0.2, 0.25) is 0 Å². The van der Waals surface area contributed by atoms with Crippen molar-refractivity contribution in [2.75, 3.05) is 12.3 Å². The van der Waals surface area contributed by atoms with Gasteiger partial charge in [0.25, 0.3) is 0 Å². The molecule has 4 nitrogen and oxygen atoms in total. The highest BCUT2D eigenvalue weighted by atomic mass is 32.2. The molecule has 0 aliphatic heterocycles. The lowest BCUT2D eigenvalue weighted by atomic mass is 10.4. The Morgan fingerprint density at radius 2 is 2.00 bits per heavy atom. The van der Waals surface area contributed by atoms with Gasteiger partial charge in [0.05, 0.1) is 5.75 Å². The van der Waals surface area contributed by atoms with E-state index < -0.39 is 15.3 Å². The molecule has 1 unspecified atom stereocenters. The lowest BCUT2D eigenvalue weighted by molar-refractivity contribution is 0.268. The molecular weight excluding hydrogens is 190 g/mol. The zero-order chi connectivity index (χ0) is 10.5. The van der Waals surface area contributed by atoms with E-state index in [1.165, 1.54) is 6.92 Å². The summed E-state index contributed by atoms with van der Waals surface area (Å²) in [6.45, 7) is 5.50. The molecule has 0 aliphatic carbocycles. The number of sulfone groups is 1. The van der Waals surface area contributed by atoms with E-state index in [9.17, 15) is 8.42 Å². The quantitative estimate of drug-likeness (QED) is 0.530. The lowest BCUT2D eigenvalue weighted by Gasteiger charge is -2.04. The predicted octanol–water partition coefficient (Wildman–Crippen LogP) is 0.610. The maximum absolute atomic E-state index is 11.1. The summed E-state index contributed by atoms with van der Waals surface area (Å²) in [6, 6.07) is 0. The maximum atomic E-state index is 11.1. The Morgan fingerprint density at radius 3 is 2.38 bits per heavy atom. The van der Waals surface area contributed by atoms with Crippen LogP contribution in [0.25, 0.3) is 0 Å². The Bertz CT molecular complexity index is 263. The van der Waals surface area contributed by atoms with Crippen LogP contribution in [-0.4, -0.2) is 37.0 Å². The molecule has 78 valence electrons. The first-order valence-corrected chi connectivity index (χ1v) is 5.95. The molecule has 0 saturated heterocycles. The first kappa shape index (κ1) is 12.6. The lowest BCUT2D eigenvalue weighted by Crippen LogP contribution is -2.20. The minimum Gasteiger partial charge on any atom is -0.377 e. The van der Waals surface area contributed by atoms with Crippen molar-refractivity contribution in [1.82, 2.24) is 0 Å². The van der Waals surface area contributed by atoms with E-state index in [0.717, 1.165) is 5.71 Å². The number of nitrogens with zero attached hydrogens (tertiary/aromatic N) is 1. The molecule has 0 bridgehead atoms. The van der Waals surface area contributed by atoms with Gasteiger partial charge in [-0.05, 0) is 27.2 Å². The van der Waals surface area contributed by atoms with Crippen LogP contribution in [0.1, 0.15) is 27.2 Å². The summed E-state index contributed by atoms with van der Waals surface area (Å²) in [5.41, 5.74) is -0.325. The summed E-state index contributed by atoms with van der Waals surface area (Å²) in [5, 5.41) is 8.86. The molecular formula is C8H17NO3S. The van der Waals surface area contributed by atoms with Crippen LogP contribution in [0, 0.1) is 0 Å². The fourth-order valence-corrected chi connectivity index (χ4v) is 1.61. The molecule has 5 heteroatoms. The van der Waals surface area contributed by atoms with E-state index in [1.807, 2.05) is 13.8 Å². The summed E-state index contributed by atoms with van der Waals surface area (Å²) in [5.74, 6) is 0.00144. The maximum Gasteiger partial charge on any atom is 0.176 e. The van der Waals surface area contributed by atoms with Gasteiger partial charge in [-0.2, -0.15) is 0 Å². The normalized spacial score (nSPS) is 13.8. The van der Waals surface area contributed by atoms with Gasteiger partial charge in [-0.1, -0.05) is 0 Å². The highest BCUT2D eigenvalue weighted by Crippen LogP contribution is 2.00. The molecule has 0 amide bonds. The van der Waals surface area contributed by atoms with Crippen molar-refractivity contribution in [3.63, 3.8) is 0 Å². The van der Waals surface area contributed by atoms with Gasteiger partial charge in [0.15, 0.2) is 15.3 Å². The van der Waals surface area contributed by atoms with Crippen molar-refractivity contribution in [1.29, 1.82) is 0 Å². The molecule has 13 heavy (non-hydrogen) atoms. The summed E-state index contributed by atoms with van der Waals surface area (Å²) in [4.78, 5) is 4.06. The first-order chi connectivity index (χ1) is 5.86. The van der Waals surface area contributed by atoms with Crippen LogP contribution >= 0.6 is 0 Å². The second-order valence-electron chi connectivity index (χ2n) is 3.15. The fraction of sp³-hybridized carbons (Fsp3) is 0.875. The van der Waals surface area contributed by atoms with Crippen LogP contribution in [0.3, 0.4) is 0 Å². The highest BCUT2D eigenvalue weighted by Gasteiger charge is 2.16. The number of aliphatic hydroxyl groups is 1. The van der Waals surface area contributed by atoms with Crippen LogP contribution in [0.5, 0.6) is 0 Å². The monoisotopic (exact) mass is 207 g/mol. The fourth-order valence-electron chi connectivity index (χ4n) is 0.739. The van der Waals surface area contributed by atoms with Crippen molar-refractivity contribution in [3.8, 4) is 0 Å². The van der Waals surface area contributed by atoms with Crippen LogP contribution in [-0.2, 0) is 9.84 Å². The zero-order valence-electron chi connectivity index (χ0n) is 8.32. The highest BCUT2D eigenvalue weighted by molar-refractivity contribution is 7.91. The summed E-state index contributed by atoms with van der Waals surface area (Å²) < 4.78 is 22.2. The van der Waals surface area contributed by atoms with Gasteiger partial charge in [0.2, 0.25) is 0 Å². The third-order valence-electron chi connectivity index (χ3n) is 1.53. The SMILES string of the molecule is CC(C)=NCCCS(=O)(=O)C(C)O. The molecule has 0 radical (unpaired) electrons. The number of rotatable bonds is 5. The zero-order valence-corrected chi connectivity index (χ0v) is 9.13. The minimum absolute atomic E-state index is 0.00144.